The number of benzene rings is 2. The van der Waals surface area contributed by atoms with Gasteiger partial charge in [0, 0.05) is 6.61 Å². The maximum atomic E-state index is 6.94. The summed E-state index contributed by atoms with van der Waals surface area (Å²) in [5, 5.41) is 11.4. The molecule has 0 saturated carbocycles. The molecule has 7 heteroatoms. The minimum atomic E-state index is -2.49. The Hall–Kier alpha value is -1.28. The number of halogens is 2. The summed E-state index contributed by atoms with van der Waals surface area (Å²) in [6.07, 6.45) is 0.831. The molecule has 0 bridgehead atoms. The summed E-state index contributed by atoms with van der Waals surface area (Å²) < 4.78 is 8.38. The smallest absolute Gasteiger partial charge is 0.261 e. The van der Waals surface area contributed by atoms with Gasteiger partial charge < -0.3 is 4.43 Å². The Labute approximate surface area is 191 Å². The molecule has 29 heavy (non-hydrogen) atoms. The Bertz CT molecular complexity index is 867. The minimum absolute atomic E-state index is 0.0189. The van der Waals surface area contributed by atoms with Crippen LogP contribution in [0.3, 0.4) is 0 Å². The predicted molar refractivity (Wildman–Crippen MR) is 128 cm³/mol. The van der Waals surface area contributed by atoms with Crippen LogP contribution in [-0.2, 0) is 4.43 Å². The minimum Gasteiger partial charge on any atom is -0.407 e. The number of hydrogen-bond donors (Lipinski definition) is 0. The molecule has 0 saturated heterocycles. The van der Waals surface area contributed by atoms with Gasteiger partial charge in [-0.05, 0) is 60.6 Å². The molecule has 0 aliphatic heterocycles. The first kappa shape index (κ1) is 22.4. The zero-order chi connectivity index (χ0) is 21.1. The molecule has 1 aromatic heterocycles. The van der Waals surface area contributed by atoms with Gasteiger partial charge in [0.2, 0.25) is 0 Å². The molecule has 0 spiro atoms. The molecule has 0 radical (unpaired) electrons. The third-order valence-corrected chi connectivity index (χ3v) is 11.9. The largest absolute Gasteiger partial charge is 0.407 e. The van der Waals surface area contributed by atoms with Crippen LogP contribution in [-0.4, -0.2) is 29.9 Å². The first-order chi connectivity index (χ1) is 13.8. The van der Waals surface area contributed by atoms with Crippen molar-refractivity contribution in [3.05, 3.63) is 69.9 Å². The Morgan fingerprint density at radius 1 is 0.897 bits per heavy atom. The van der Waals surface area contributed by atoms with Crippen molar-refractivity contribution in [3.63, 3.8) is 0 Å². The van der Waals surface area contributed by atoms with E-state index in [2.05, 4.69) is 130 Å². The van der Waals surface area contributed by atoms with Crippen molar-refractivity contribution in [2.45, 2.75) is 45.2 Å². The van der Waals surface area contributed by atoms with Gasteiger partial charge in [-0.1, -0.05) is 81.4 Å². The van der Waals surface area contributed by atoms with Crippen LogP contribution in [0.15, 0.2) is 69.9 Å². The fraction of sp³-hybridized carbons (Fsp3) is 0.364. The normalized spacial score (nSPS) is 13.4. The second kappa shape index (κ2) is 9.25. The van der Waals surface area contributed by atoms with E-state index in [1.165, 1.54) is 10.4 Å². The first-order valence-corrected chi connectivity index (χ1v) is 13.3. The van der Waals surface area contributed by atoms with Crippen molar-refractivity contribution in [1.82, 2.24) is 15.0 Å². The highest BCUT2D eigenvalue weighted by atomic mass is 79.9. The highest BCUT2D eigenvalue weighted by molar-refractivity contribution is 9.13. The predicted octanol–water partition coefficient (Wildman–Crippen LogP) is 5.33. The maximum Gasteiger partial charge on any atom is 0.261 e. The Morgan fingerprint density at radius 3 is 1.76 bits per heavy atom. The summed E-state index contributed by atoms with van der Waals surface area (Å²) in [6, 6.07) is 21.6. The van der Waals surface area contributed by atoms with Crippen LogP contribution in [0, 0.1) is 0 Å². The fourth-order valence-corrected chi connectivity index (χ4v) is 8.80. The SMILES string of the molecule is C[C@H](CCO[Si](c1ccccc1)(c1ccccc1)C(C)(C)C)n1nc(Br)c(Br)n1. The Balaban J connectivity index is 1.91. The molecule has 2 aromatic carbocycles. The first-order valence-electron chi connectivity index (χ1n) is 9.78. The zero-order valence-electron chi connectivity index (χ0n) is 17.3. The van der Waals surface area contributed by atoms with Crippen molar-refractivity contribution < 1.29 is 4.43 Å². The molecule has 0 N–H and O–H groups in total. The van der Waals surface area contributed by atoms with Gasteiger partial charge in [-0.2, -0.15) is 4.80 Å². The molecule has 1 heterocycles. The van der Waals surface area contributed by atoms with E-state index in [1.807, 2.05) is 0 Å². The van der Waals surface area contributed by atoms with Crippen LogP contribution >= 0.6 is 31.9 Å². The summed E-state index contributed by atoms with van der Waals surface area (Å²) in [5.74, 6) is 0. The maximum absolute atomic E-state index is 6.94. The van der Waals surface area contributed by atoms with E-state index >= 15 is 0 Å². The molecule has 0 amide bonds. The van der Waals surface area contributed by atoms with Crippen molar-refractivity contribution in [2.24, 2.45) is 0 Å². The van der Waals surface area contributed by atoms with Gasteiger partial charge in [0.1, 0.15) is 0 Å². The summed E-state index contributed by atoms with van der Waals surface area (Å²) in [7, 11) is -2.49. The molecule has 0 aliphatic rings. The van der Waals surface area contributed by atoms with Crippen LogP contribution in [0.4, 0.5) is 0 Å². The summed E-state index contributed by atoms with van der Waals surface area (Å²) in [4.78, 5) is 1.74. The van der Waals surface area contributed by atoms with E-state index in [1.54, 1.807) is 4.80 Å². The number of hydrogen-bond acceptors (Lipinski definition) is 3. The van der Waals surface area contributed by atoms with Crippen molar-refractivity contribution >= 4 is 50.6 Å². The average molecular weight is 537 g/mol. The van der Waals surface area contributed by atoms with Crippen LogP contribution < -0.4 is 10.4 Å². The van der Waals surface area contributed by atoms with E-state index in [4.69, 9.17) is 4.43 Å². The zero-order valence-corrected chi connectivity index (χ0v) is 21.4. The highest BCUT2D eigenvalue weighted by Crippen LogP contribution is 2.37. The highest BCUT2D eigenvalue weighted by Gasteiger charge is 2.50. The van der Waals surface area contributed by atoms with E-state index in [-0.39, 0.29) is 11.1 Å². The van der Waals surface area contributed by atoms with E-state index < -0.39 is 8.32 Å². The average Bonchev–Trinajstić information content (AvgIpc) is 3.04. The topological polar surface area (TPSA) is 39.9 Å². The second-order valence-electron chi connectivity index (χ2n) is 8.25. The number of aromatic nitrogens is 3. The lowest BCUT2D eigenvalue weighted by Gasteiger charge is -2.43. The van der Waals surface area contributed by atoms with Gasteiger partial charge >= 0.3 is 0 Å². The monoisotopic (exact) mass is 535 g/mol. The van der Waals surface area contributed by atoms with Gasteiger partial charge in [0.25, 0.3) is 8.32 Å². The third kappa shape index (κ3) is 4.73. The van der Waals surface area contributed by atoms with E-state index in [9.17, 15) is 0 Å². The fourth-order valence-electron chi connectivity index (χ4n) is 3.74. The van der Waals surface area contributed by atoms with Gasteiger partial charge in [-0.3, -0.25) is 0 Å². The Kier molecular flexibility index (Phi) is 7.14. The van der Waals surface area contributed by atoms with Crippen LogP contribution in [0.25, 0.3) is 0 Å². The van der Waals surface area contributed by atoms with Gasteiger partial charge in [0.15, 0.2) is 9.21 Å². The molecule has 4 nitrogen and oxygen atoms in total. The van der Waals surface area contributed by atoms with Crippen molar-refractivity contribution in [2.75, 3.05) is 6.61 Å². The van der Waals surface area contributed by atoms with Gasteiger partial charge in [-0.25, -0.2) is 0 Å². The van der Waals surface area contributed by atoms with Crippen LogP contribution in [0.2, 0.25) is 5.04 Å². The lowest BCUT2D eigenvalue weighted by Crippen LogP contribution is -2.66. The summed E-state index contributed by atoms with van der Waals surface area (Å²) in [5.41, 5.74) is 0. The van der Waals surface area contributed by atoms with E-state index in [0.29, 0.717) is 6.61 Å². The van der Waals surface area contributed by atoms with Gasteiger partial charge in [0.05, 0.1) is 6.04 Å². The molecule has 154 valence electrons. The Morgan fingerprint density at radius 2 is 1.34 bits per heavy atom. The quantitative estimate of drug-likeness (QED) is 0.383. The van der Waals surface area contributed by atoms with Crippen LogP contribution in [0.1, 0.15) is 40.2 Å². The van der Waals surface area contributed by atoms with Crippen molar-refractivity contribution in [3.8, 4) is 0 Å². The molecule has 0 fully saturated rings. The van der Waals surface area contributed by atoms with Crippen LogP contribution in [0.5, 0.6) is 0 Å². The summed E-state index contributed by atoms with van der Waals surface area (Å²) >= 11 is 6.81. The molecule has 3 aromatic rings. The van der Waals surface area contributed by atoms with Gasteiger partial charge in [-0.15, -0.1) is 10.2 Å². The summed E-state index contributed by atoms with van der Waals surface area (Å²) in [6.45, 7) is 9.66. The molecular formula is C22H27Br2N3OSi. The number of rotatable bonds is 7. The van der Waals surface area contributed by atoms with Crippen molar-refractivity contribution in [1.29, 1.82) is 0 Å². The molecular weight excluding hydrogens is 510 g/mol. The molecule has 3 rings (SSSR count). The molecule has 1 atom stereocenters. The lowest BCUT2D eigenvalue weighted by molar-refractivity contribution is 0.255. The number of nitrogens with zero attached hydrogens (tertiary/aromatic N) is 3. The van der Waals surface area contributed by atoms with E-state index in [0.717, 1.165) is 15.6 Å². The molecule has 0 unspecified atom stereocenters. The second-order valence-corrected chi connectivity index (χ2v) is 14.1. The molecule has 0 aliphatic carbocycles. The standard InChI is InChI=1S/C22H27Br2N3OSi/c1-17(27-25-20(23)21(24)26-27)15-16-28-29(22(2,3)4,18-11-7-5-8-12-18)19-13-9-6-10-14-19/h5-14,17H,15-16H2,1-4H3/t17-/m1/s1. The third-order valence-electron chi connectivity index (χ3n) is 5.22. The lowest BCUT2D eigenvalue weighted by atomic mass is 10.2.